The molecule has 2 heterocycles. The third kappa shape index (κ3) is 2.94. The van der Waals surface area contributed by atoms with Crippen molar-refractivity contribution in [3.05, 3.63) is 23.0 Å². The summed E-state index contributed by atoms with van der Waals surface area (Å²) in [6.45, 7) is 3.28. The van der Waals surface area contributed by atoms with Gasteiger partial charge in [-0.25, -0.2) is 4.98 Å². The van der Waals surface area contributed by atoms with Gasteiger partial charge in [-0.2, -0.15) is 0 Å². The Morgan fingerprint density at radius 1 is 1.25 bits per heavy atom. The molecule has 1 saturated heterocycles. The van der Waals surface area contributed by atoms with Crippen molar-refractivity contribution in [2.75, 3.05) is 11.9 Å². The van der Waals surface area contributed by atoms with Crippen LogP contribution >= 0.6 is 11.6 Å². The molecule has 2 N–H and O–H groups in total. The molecule has 3 rings (SSSR count). The molecule has 1 aliphatic heterocycles. The molecule has 3 nitrogen and oxygen atoms in total. The highest BCUT2D eigenvalue weighted by atomic mass is 35.5. The van der Waals surface area contributed by atoms with Crippen molar-refractivity contribution in [1.82, 2.24) is 10.3 Å². The van der Waals surface area contributed by atoms with Crippen molar-refractivity contribution in [1.29, 1.82) is 0 Å². The van der Waals surface area contributed by atoms with Crippen molar-refractivity contribution >= 4 is 17.3 Å². The Kier molecular flexibility index (Phi) is 4.47. The van der Waals surface area contributed by atoms with Crippen LogP contribution in [0.4, 0.5) is 5.69 Å². The summed E-state index contributed by atoms with van der Waals surface area (Å²) in [7, 11) is 0. The second-order valence-electron chi connectivity index (χ2n) is 6.20. The first kappa shape index (κ1) is 14.2. The highest BCUT2D eigenvalue weighted by molar-refractivity contribution is 6.32. The maximum absolute atomic E-state index is 6.27. The van der Waals surface area contributed by atoms with E-state index < -0.39 is 0 Å². The Bertz CT molecular complexity index is 437. The molecular weight excluding hydrogens is 270 g/mol. The predicted octanol–water partition coefficient (Wildman–Crippen LogP) is 3.77. The molecule has 1 aromatic heterocycles. The minimum Gasteiger partial charge on any atom is -0.379 e. The quantitative estimate of drug-likeness (QED) is 0.833. The van der Waals surface area contributed by atoms with Crippen LogP contribution in [-0.4, -0.2) is 23.6 Å². The molecule has 2 aliphatic rings. The van der Waals surface area contributed by atoms with Crippen LogP contribution in [0, 0.1) is 12.8 Å². The van der Waals surface area contributed by atoms with Crippen LogP contribution in [0.3, 0.4) is 0 Å². The summed E-state index contributed by atoms with van der Waals surface area (Å²) >= 11 is 6.27. The summed E-state index contributed by atoms with van der Waals surface area (Å²) in [5, 5.41) is 8.00. The Morgan fingerprint density at radius 3 is 2.85 bits per heavy atom. The highest BCUT2D eigenvalue weighted by Crippen LogP contribution is 2.34. The molecule has 0 aromatic carbocycles. The Balaban J connectivity index is 1.76. The minimum absolute atomic E-state index is 0.528. The standard InChI is InChI=1S/C16H24ClN3/c1-11-8-10-19-16(17)15(11)20-14-6-3-2-5-12(14)13-7-4-9-18-13/h8,10,12-14,18,20H,2-7,9H2,1H3. The van der Waals surface area contributed by atoms with E-state index >= 15 is 0 Å². The second-order valence-corrected chi connectivity index (χ2v) is 6.55. The van der Waals surface area contributed by atoms with E-state index in [0.717, 1.165) is 11.6 Å². The molecule has 110 valence electrons. The Labute approximate surface area is 126 Å². The summed E-state index contributed by atoms with van der Waals surface area (Å²) in [4.78, 5) is 4.22. The summed E-state index contributed by atoms with van der Waals surface area (Å²) in [6, 6.07) is 3.24. The van der Waals surface area contributed by atoms with Crippen molar-refractivity contribution in [2.45, 2.75) is 57.5 Å². The number of aromatic nitrogens is 1. The average Bonchev–Trinajstić information content (AvgIpc) is 2.97. The molecule has 20 heavy (non-hydrogen) atoms. The number of halogens is 1. The molecule has 0 spiro atoms. The molecule has 2 fully saturated rings. The first-order chi connectivity index (χ1) is 9.75. The van der Waals surface area contributed by atoms with Gasteiger partial charge < -0.3 is 10.6 Å². The van der Waals surface area contributed by atoms with Gasteiger partial charge in [-0.15, -0.1) is 0 Å². The number of pyridine rings is 1. The lowest BCUT2D eigenvalue weighted by Crippen LogP contribution is -2.43. The van der Waals surface area contributed by atoms with Gasteiger partial charge >= 0.3 is 0 Å². The lowest BCUT2D eigenvalue weighted by Gasteiger charge is -2.37. The van der Waals surface area contributed by atoms with E-state index in [1.807, 2.05) is 6.07 Å². The molecule has 1 aromatic rings. The van der Waals surface area contributed by atoms with E-state index in [4.69, 9.17) is 11.6 Å². The summed E-state index contributed by atoms with van der Waals surface area (Å²) in [6.07, 6.45) is 9.67. The van der Waals surface area contributed by atoms with Gasteiger partial charge in [0.2, 0.25) is 0 Å². The maximum Gasteiger partial charge on any atom is 0.152 e. The highest BCUT2D eigenvalue weighted by Gasteiger charge is 2.33. The zero-order chi connectivity index (χ0) is 13.9. The van der Waals surface area contributed by atoms with Gasteiger partial charge in [0.15, 0.2) is 5.15 Å². The van der Waals surface area contributed by atoms with Gasteiger partial charge in [0.05, 0.1) is 5.69 Å². The Morgan fingerprint density at radius 2 is 2.10 bits per heavy atom. The Hall–Kier alpha value is -0.800. The number of hydrogen-bond donors (Lipinski definition) is 2. The number of rotatable bonds is 3. The van der Waals surface area contributed by atoms with Crippen molar-refractivity contribution < 1.29 is 0 Å². The summed E-state index contributed by atoms with van der Waals surface area (Å²) < 4.78 is 0. The van der Waals surface area contributed by atoms with E-state index in [2.05, 4.69) is 22.5 Å². The van der Waals surface area contributed by atoms with Gasteiger partial charge in [-0.05, 0) is 56.7 Å². The second kappa shape index (κ2) is 6.31. The molecule has 3 unspecified atom stereocenters. The van der Waals surface area contributed by atoms with E-state index in [1.165, 1.54) is 50.6 Å². The lowest BCUT2D eigenvalue weighted by atomic mass is 9.79. The molecule has 1 saturated carbocycles. The molecule has 4 heteroatoms. The molecule has 0 radical (unpaired) electrons. The van der Waals surface area contributed by atoms with E-state index in [1.54, 1.807) is 6.20 Å². The third-order valence-corrected chi connectivity index (χ3v) is 5.16. The largest absolute Gasteiger partial charge is 0.379 e. The summed E-state index contributed by atoms with van der Waals surface area (Å²) in [5.41, 5.74) is 2.22. The number of anilines is 1. The van der Waals surface area contributed by atoms with Gasteiger partial charge in [0, 0.05) is 18.3 Å². The van der Waals surface area contributed by atoms with E-state index in [0.29, 0.717) is 17.2 Å². The van der Waals surface area contributed by atoms with Gasteiger partial charge in [-0.3, -0.25) is 0 Å². The first-order valence-electron chi connectivity index (χ1n) is 7.87. The fraction of sp³-hybridized carbons (Fsp3) is 0.688. The zero-order valence-corrected chi connectivity index (χ0v) is 12.9. The van der Waals surface area contributed by atoms with Gasteiger partial charge in [0.25, 0.3) is 0 Å². The van der Waals surface area contributed by atoms with Crippen LogP contribution in [0.2, 0.25) is 5.15 Å². The topological polar surface area (TPSA) is 37.0 Å². The smallest absolute Gasteiger partial charge is 0.152 e. The lowest BCUT2D eigenvalue weighted by molar-refractivity contribution is 0.262. The minimum atomic E-state index is 0.528. The van der Waals surface area contributed by atoms with Crippen LogP contribution in [-0.2, 0) is 0 Å². The van der Waals surface area contributed by atoms with E-state index in [9.17, 15) is 0 Å². The van der Waals surface area contributed by atoms with E-state index in [-0.39, 0.29) is 0 Å². The van der Waals surface area contributed by atoms with Gasteiger partial charge in [-0.1, -0.05) is 24.4 Å². The SMILES string of the molecule is Cc1ccnc(Cl)c1NC1CCCCC1C1CCCN1. The van der Waals surface area contributed by atoms with Gasteiger partial charge in [0.1, 0.15) is 0 Å². The number of nitrogens with one attached hydrogen (secondary N) is 2. The maximum atomic E-state index is 6.27. The molecular formula is C16H24ClN3. The van der Waals surface area contributed by atoms with Crippen LogP contribution in [0.15, 0.2) is 12.3 Å². The molecule has 0 bridgehead atoms. The average molecular weight is 294 g/mol. The number of hydrogen-bond acceptors (Lipinski definition) is 3. The molecule has 0 amide bonds. The fourth-order valence-electron chi connectivity index (χ4n) is 3.78. The zero-order valence-electron chi connectivity index (χ0n) is 12.2. The normalized spacial score (nSPS) is 30.4. The van der Waals surface area contributed by atoms with Crippen LogP contribution < -0.4 is 10.6 Å². The van der Waals surface area contributed by atoms with Crippen molar-refractivity contribution in [3.63, 3.8) is 0 Å². The predicted molar refractivity (Wildman–Crippen MR) is 84.4 cm³/mol. The fourth-order valence-corrected chi connectivity index (χ4v) is 4.04. The third-order valence-electron chi connectivity index (χ3n) is 4.88. The molecule has 1 aliphatic carbocycles. The van der Waals surface area contributed by atoms with Crippen LogP contribution in [0.1, 0.15) is 44.1 Å². The summed E-state index contributed by atoms with van der Waals surface area (Å²) in [5.74, 6) is 0.724. The van der Waals surface area contributed by atoms with Crippen molar-refractivity contribution in [3.8, 4) is 0 Å². The van der Waals surface area contributed by atoms with Crippen molar-refractivity contribution in [2.24, 2.45) is 5.92 Å². The first-order valence-corrected chi connectivity index (χ1v) is 8.24. The monoisotopic (exact) mass is 293 g/mol. The molecule has 3 atom stereocenters. The number of aryl methyl sites for hydroxylation is 1. The van der Waals surface area contributed by atoms with Crippen LogP contribution in [0.25, 0.3) is 0 Å². The van der Waals surface area contributed by atoms with Crippen LogP contribution in [0.5, 0.6) is 0 Å². The number of nitrogens with zero attached hydrogens (tertiary/aromatic N) is 1.